The minimum absolute atomic E-state index is 0.209. The lowest BCUT2D eigenvalue weighted by Crippen LogP contribution is -2.23. The van der Waals surface area contributed by atoms with Crippen molar-refractivity contribution in [2.75, 3.05) is 0 Å². The van der Waals surface area contributed by atoms with Crippen LogP contribution in [0.15, 0.2) is 64.4 Å². The zero-order valence-electron chi connectivity index (χ0n) is 13.9. The van der Waals surface area contributed by atoms with Crippen molar-refractivity contribution in [1.82, 2.24) is 19.3 Å². The number of nitrogens with zero attached hydrogens (tertiary/aromatic N) is 3. The van der Waals surface area contributed by atoms with Gasteiger partial charge >= 0.3 is 0 Å². The average Bonchev–Trinajstić information content (AvgIpc) is 2.96. The van der Waals surface area contributed by atoms with Gasteiger partial charge in [-0.15, -0.1) is 0 Å². The van der Waals surface area contributed by atoms with Gasteiger partial charge in [0.15, 0.2) is 0 Å². The normalized spacial score (nSPS) is 11.2. The van der Waals surface area contributed by atoms with Crippen LogP contribution in [0.3, 0.4) is 0 Å². The molecule has 0 atom stereocenters. The topological polar surface area (TPSA) is 72.7 Å². The molecule has 7 heteroatoms. The molecule has 26 heavy (non-hydrogen) atoms. The summed E-state index contributed by atoms with van der Waals surface area (Å²) in [6.45, 7) is 2.10. The van der Waals surface area contributed by atoms with Crippen LogP contribution in [0.4, 0.5) is 4.39 Å². The maximum Gasteiger partial charge on any atom is 0.280 e. The molecular formula is C19H15FN4O2. The molecule has 0 aliphatic heterocycles. The van der Waals surface area contributed by atoms with Crippen LogP contribution in [0.2, 0.25) is 0 Å². The van der Waals surface area contributed by atoms with Gasteiger partial charge < -0.3 is 4.57 Å². The van der Waals surface area contributed by atoms with E-state index in [9.17, 15) is 14.0 Å². The summed E-state index contributed by atoms with van der Waals surface area (Å²) >= 11 is 0. The minimum atomic E-state index is -0.383. The molecule has 6 nitrogen and oxygen atoms in total. The lowest BCUT2D eigenvalue weighted by atomic mass is 10.2. The molecule has 4 aromatic rings. The fourth-order valence-corrected chi connectivity index (χ4v) is 3.05. The fraction of sp³-hybridized carbons (Fsp3) is 0.105. The van der Waals surface area contributed by atoms with E-state index in [1.807, 2.05) is 12.1 Å². The molecule has 0 unspecified atom stereocenters. The number of fused-ring (bicyclic) bond motifs is 1. The van der Waals surface area contributed by atoms with E-state index in [2.05, 4.69) is 10.1 Å². The first-order valence-corrected chi connectivity index (χ1v) is 8.04. The van der Waals surface area contributed by atoms with E-state index < -0.39 is 0 Å². The summed E-state index contributed by atoms with van der Waals surface area (Å²) < 4.78 is 16.0. The maximum atomic E-state index is 13.1. The molecule has 0 saturated heterocycles. The van der Waals surface area contributed by atoms with Gasteiger partial charge in [-0.2, -0.15) is 0 Å². The highest BCUT2D eigenvalue weighted by molar-refractivity contribution is 5.80. The largest absolute Gasteiger partial charge is 0.308 e. The van der Waals surface area contributed by atoms with Gasteiger partial charge in [-0.05, 0) is 48.9 Å². The summed E-state index contributed by atoms with van der Waals surface area (Å²) in [6, 6.07) is 10.6. The number of H-pyrrole nitrogens is 1. The van der Waals surface area contributed by atoms with Crippen molar-refractivity contribution in [3.8, 4) is 5.69 Å². The molecular weight excluding hydrogens is 335 g/mol. The third-order valence-electron chi connectivity index (χ3n) is 4.39. The molecule has 0 saturated carbocycles. The highest BCUT2D eigenvalue weighted by Gasteiger charge is 2.15. The van der Waals surface area contributed by atoms with E-state index in [4.69, 9.17) is 0 Å². The average molecular weight is 350 g/mol. The second-order valence-electron chi connectivity index (χ2n) is 6.03. The van der Waals surface area contributed by atoms with Crippen LogP contribution in [-0.4, -0.2) is 19.3 Å². The molecule has 0 spiro atoms. The number of hydrogen-bond acceptors (Lipinski definition) is 3. The van der Waals surface area contributed by atoms with Gasteiger partial charge in [-0.1, -0.05) is 0 Å². The lowest BCUT2D eigenvalue weighted by molar-refractivity contribution is 0.627. The SMILES string of the molecule is Cc1c2c(=O)n(-c3ccc(F)cc3)[nH]c2cc(=O)n1Cc1ccncc1. The van der Waals surface area contributed by atoms with E-state index in [0.29, 0.717) is 28.8 Å². The molecule has 0 radical (unpaired) electrons. The third-order valence-corrected chi connectivity index (χ3v) is 4.39. The Labute approximate surface area is 147 Å². The summed E-state index contributed by atoms with van der Waals surface area (Å²) in [5.41, 5.74) is 1.95. The van der Waals surface area contributed by atoms with Gasteiger partial charge in [0.2, 0.25) is 0 Å². The van der Waals surface area contributed by atoms with Crippen molar-refractivity contribution in [2.24, 2.45) is 0 Å². The standard InChI is InChI=1S/C19H15FN4O2/c1-12-18-16(10-17(25)23(12)11-13-6-8-21-9-7-13)22-24(19(18)26)15-4-2-14(20)3-5-15/h2-10,22H,11H2,1H3. The minimum Gasteiger partial charge on any atom is -0.308 e. The second-order valence-corrected chi connectivity index (χ2v) is 6.03. The van der Waals surface area contributed by atoms with Crippen molar-refractivity contribution in [1.29, 1.82) is 0 Å². The molecule has 1 N–H and O–H groups in total. The predicted molar refractivity (Wildman–Crippen MR) is 96.2 cm³/mol. The highest BCUT2D eigenvalue weighted by atomic mass is 19.1. The smallest absolute Gasteiger partial charge is 0.280 e. The Kier molecular flexibility index (Phi) is 3.76. The van der Waals surface area contributed by atoms with Crippen LogP contribution < -0.4 is 11.1 Å². The van der Waals surface area contributed by atoms with Crippen LogP contribution in [-0.2, 0) is 6.54 Å². The Hall–Kier alpha value is -3.48. The van der Waals surface area contributed by atoms with Crippen LogP contribution in [0.5, 0.6) is 0 Å². The fourth-order valence-electron chi connectivity index (χ4n) is 3.05. The first-order valence-electron chi connectivity index (χ1n) is 8.04. The molecule has 1 aromatic carbocycles. The quantitative estimate of drug-likeness (QED) is 0.616. The van der Waals surface area contributed by atoms with Crippen LogP contribution >= 0.6 is 0 Å². The molecule has 130 valence electrons. The summed E-state index contributed by atoms with van der Waals surface area (Å²) in [6.07, 6.45) is 3.32. The number of hydrogen-bond donors (Lipinski definition) is 1. The molecule has 0 aliphatic carbocycles. The van der Waals surface area contributed by atoms with Crippen molar-refractivity contribution < 1.29 is 4.39 Å². The maximum absolute atomic E-state index is 13.1. The van der Waals surface area contributed by atoms with E-state index in [1.165, 1.54) is 35.0 Å². The Morgan fingerprint density at radius 3 is 2.46 bits per heavy atom. The zero-order chi connectivity index (χ0) is 18.3. The van der Waals surface area contributed by atoms with Crippen LogP contribution in [0.25, 0.3) is 16.6 Å². The van der Waals surface area contributed by atoms with Crippen molar-refractivity contribution in [3.05, 3.63) is 92.6 Å². The number of aryl methyl sites for hydroxylation is 1. The summed E-state index contributed by atoms with van der Waals surface area (Å²) in [4.78, 5) is 29.4. The van der Waals surface area contributed by atoms with Crippen LogP contribution in [0, 0.1) is 12.7 Å². The van der Waals surface area contributed by atoms with E-state index in [0.717, 1.165) is 5.56 Å². The second kappa shape index (κ2) is 6.11. The van der Waals surface area contributed by atoms with Crippen LogP contribution in [0.1, 0.15) is 11.3 Å². The lowest BCUT2D eigenvalue weighted by Gasteiger charge is -2.09. The molecule has 0 fully saturated rings. The van der Waals surface area contributed by atoms with Gasteiger partial charge in [0.25, 0.3) is 11.1 Å². The number of aromatic nitrogens is 4. The third kappa shape index (κ3) is 2.63. The molecule has 3 heterocycles. The van der Waals surface area contributed by atoms with E-state index >= 15 is 0 Å². The number of benzene rings is 1. The molecule has 0 aliphatic rings. The van der Waals surface area contributed by atoms with E-state index in [1.54, 1.807) is 23.9 Å². The Balaban J connectivity index is 1.90. The Morgan fingerprint density at radius 1 is 1.08 bits per heavy atom. The first kappa shape index (κ1) is 16.0. The monoisotopic (exact) mass is 350 g/mol. The number of rotatable bonds is 3. The highest BCUT2D eigenvalue weighted by Crippen LogP contribution is 2.14. The summed E-state index contributed by atoms with van der Waals surface area (Å²) in [5.74, 6) is -0.383. The number of pyridine rings is 2. The van der Waals surface area contributed by atoms with Gasteiger partial charge in [0, 0.05) is 24.2 Å². The first-order chi connectivity index (χ1) is 12.5. The van der Waals surface area contributed by atoms with E-state index in [-0.39, 0.29) is 16.9 Å². The van der Waals surface area contributed by atoms with Gasteiger partial charge in [-0.3, -0.25) is 19.7 Å². The molecule has 0 bridgehead atoms. The van der Waals surface area contributed by atoms with Crippen molar-refractivity contribution >= 4 is 10.9 Å². The predicted octanol–water partition coefficient (Wildman–Crippen LogP) is 2.37. The van der Waals surface area contributed by atoms with Crippen molar-refractivity contribution in [2.45, 2.75) is 13.5 Å². The Morgan fingerprint density at radius 2 is 1.77 bits per heavy atom. The molecule has 0 amide bonds. The molecule has 3 aromatic heterocycles. The van der Waals surface area contributed by atoms with Gasteiger partial charge in [-0.25, -0.2) is 9.07 Å². The van der Waals surface area contributed by atoms with Gasteiger partial charge in [0.05, 0.1) is 23.1 Å². The number of halogens is 1. The summed E-state index contributed by atoms with van der Waals surface area (Å²) in [7, 11) is 0. The van der Waals surface area contributed by atoms with Gasteiger partial charge in [0.1, 0.15) is 5.82 Å². The van der Waals surface area contributed by atoms with Crippen molar-refractivity contribution in [3.63, 3.8) is 0 Å². The number of aromatic amines is 1. The summed E-state index contributed by atoms with van der Waals surface area (Å²) in [5, 5.41) is 3.36. The Bertz CT molecular complexity index is 1200. The zero-order valence-corrected chi connectivity index (χ0v) is 13.9. The molecule has 4 rings (SSSR count). The number of nitrogens with one attached hydrogen (secondary N) is 1.